The predicted molar refractivity (Wildman–Crippen MR) is 60.2 cm³/mol. The van der Waals surface area contributed by atoms with Crippen molar-refractivity contribution in [2.75, 3.05) is 25.3 Å². The van der Waals surface area contributed by atoms with E-state index in [0.717, 1.165) is 17.6 Å². The van der Waals surface area contributed by atoms with Crippen LogP contribution < -0.4 is 9.62 Å². The van der Waals surface area contributed by atoms with Gasteiger partial charge in [-0.2, -0.15) is 0 Å². The standard InChI is InChI=1S/C9H15N3O2S/c1-12(2)9-8(5-4-6-10-9)7-11-15(3,13)14/h4-6,11H,7H2,1-3H3. The molecule has 0 aliphatic carbocycles. The molecule has 5 nitrogen and oxygen atoms in total. The zero-order valence-electron chi connectivity index (χ0n) is 9.06. The van der Waals surface area contributed by atoms with Gasteiger partial charge in [0, 0.05) is 32.4 Å². The predicted octanol–water partition coefficient (Wildman–Crippen LogP) is 0.197. The molecule has 1 aromatic rings. The summed E-state index contributed by atoms with van der Waals surface area (Å²) in [6.07, 6.45) is 2.82. The summed E-state index contributed by atoms with van der Waals surface area (Å²) in [5.74, 6) is 0.772. The van der Waals surface area contributed by atoms with E-state index < -0.39 is 10.0 Å². The molecule has 0 bridgehead atoms. The first-order valence-electron chi connectivity index (χ1n) is 4.46. The number of hydrogen-bond donors (Lipinski definition) is 1. The molecule has 6 heteroatoms. The second-order valence-corrected chi connectivity index (χ2v) is 5.31. The van der Waals surface area contributed by atoms with Crippen LogP contribution in [0.4, 0.5) is 5.82 Å². The zero-order chi connectivity index (χ0) is 11.5. The quantitative estimate of drug-likeness (QED) is 0.801. The average molecular weight is 229 g/mol. The highest BCUT2D eigenvalue weighted by Crippen LogP contribution is 2.13. The third-order valence-corrected chi connectivity index (χ3v) is 2.48. The third kappa shape index (κ3) is 3.85. The summed E-state index contributed by atoms with van der Waals surface area (Å²) in [5, 5.41) is 0. The minimum Gasteiger partial charge on any atom is -0.362 e. The van der Waals surface area contributed by atoms with Crippen LogP contribution in [0.3, 0.4) is 0 Å². The van der Waals surface area contributed by atoms with Crippen LogP contribution in [-0.4, -0.2) is 33.8 Å². The van der Waals surface area contributed by atoms with E-state index in [1.807, 2.05) is 25.1 Å². The number of nitrogens with one attached hydrogen (secondary N) is 1. The Balaban J connectivity index is 2.85. The topological polar surface area (TPSA) is 62.3 Å². The first-order valence-corrected chi connectivity index (χ1v) is 6.35. The first-order chi connectivity index (χ1) is 6.90. The van der Waals surface area contributed by atoms with Crippen LogP contribution in [0.2, 0.25) is 0 Å². The molecule has 0 radical (unpaired) electrons. The van der Waals surface area contributed by atoms with E-state index in [1.165, 1.54) is 0 Å². The van der Waals surface area contributed by atoms with Crippen molar-refractivity contribution in [3.63, 3.8) is 0 Å². The van der Waals surface area contributed by atoms with Gasteiger partial charge in [-0.05, 0) is 6.07 Å². The molecule has 0 saturated heterocycles. The summed E-state index contributed by atoms with van der Waals surface area (Å²) in [6.45, 7) is 0.264. The lowest BCUT2D eigenvalue weighted by atomic mass is 10.2. The number of pyridine rings is 1. The molecule has 0 amide bonds. The summed E-state index contributed by atoms with van der Waals surface area (Å²) in [4.78, 5) is 6.02. The molecule has 0 aliphatic rings. The monoisotopic (exact) mass is 229 g/mol. The maximum Gasteiger partial charge on any atom is 0.209 e. The van der Waals surface area contributed by atoms with Gasteiger partial charge >= 0.3 is 0 Å². The summed E-state index contributed by atoms with van der Waals surface area (Å²) in [5.41, 5.74) is 0.855. The van der Waals surface area contributed by atoms with Gasteiger partial charge in [-0.15, -0.1) is 0 Å². The molecule has 0 unspecified atom stereocenters. The lowest BCUT2D eigenvalue weighted by Crippen LogP contribution is -2.23. The van der Waals surface area contributed by atoms with Crippen molar-refractivity contribution in [2.45, 2.75) is 6.54 Å². The van der Waals surface area contributed by atoms with Crippen LogP contribution in [0, 0.1) is 0 Å². The van der Waals surface area contributed by atoms with Crippen LogP contribution in [0.15, 0.2) is 18.3 Å². The Labute approximate surface area is 90.2 Å². The molecule has 0 atom stereocenters. The lowest BCUT2D eigenvalue weighted by Gasteiger charge is -2.15. The van der Waals surface area contributed by atoms with Gasteiger partial charge in [0.25, 0.3) is 0 Å². The minimum atomic E-state index is -3.16. The van der Waals surface area contributed by atoms with E-state index >= 15 is 0 Å². The van der Waals surface area contributed by atoms with Crippen molar-refractivity contribution >= 4 is 15.8 Å². The van der Waals surface area contributed by atoms with Gasteiger partial charge in [0.05, 0.1) is 6.26 Å². The number of anilines is 1. The van der Waals surface area contributed by atoms with E-state index in [4.69, 9.17) is 0 Å². The molecule has 84 valence electrons. The second kappa shape index (κ2) is 4.59. The highest BCUT2D eigenvalue weighted by Gasteiger charge is 2.07. The largest absolute Gasteiger partial charge is 0.362 e. The number of hydrogen-bond acceptors (Lipinski definition) is 4. The fourth-order valence-electron chi connectivity index (χ4n) is 1.18. The Morgan fingerprint density at radius 1 is 1.47 bits per heavy atom. The van der Waals surface area contributed by atoms with Crippen molar-refractivity contribution in [3.8, 4) is 0 Å². The van der Waals surface area contributed by atoms with Crippen LogP contribution in [-0.2, 0) is 16.6 Å². The van der Waals surface area contributed by atoms with Gasteiger partial charge in [-0.25, -0.2) is 18.1 Å². The minimum absolute atomic E-state index is 0.264. The smallest absolute Gasteiger partial charge is 0.209 e. The van der Waals surface area contributed by atoms with Gasteiger partial charge in [0.2, 0.25) is 10.0 Å². The molecule has 1 rings (SSSR count). The van der Waals surface area contributed by atoms with E-state index in [0.29, 0.717) is 0 Å². The van der Waals surface area contributed by atoms with Crippen LogP contribution in [0.25, 0.3) is 0 Å². The van der Waals surface area contributed by atoms with Crippen molar-refractivity contribution in [1.82, 2.24) is 9.71 Å². The molecule has 0 fully saturated rings. The molecular weight excluding hydrogens is 214 g/mol. The molecule has 1 N–H and O–H groups in total. The summed E-state index contributed by atoms with van der Waals surface area (Å²) < 4.78 is 24.3. The Hall–Kier alpha value is -1.14. The fourth-order valence-corrected chi connectivity index (χ4v) is 1.60. The molecular formula is C9H15N3O2S. The van der Waals surface area contributed by atoms with Gasteiger partial charge in [0.15, 0.2) is 0 Å². The lowest BCUT2D eigenvalue weighted by molar-refractivity contribution is 0.587. The Morgan fingerprint density at radius 3 is 2.67 bits per heavy atom. The summed E-state index contributed by atoms with van der Waals surface area (Å²) in [7, 11) is 0.574. The van der Waals surface area contributed by atoms with Crippen molar-refractivity contribution < 1.29 is 8.42 Å². The maximum absolute atomic E-state index is 10.9. The third-order valence-electron chi connectivity index (χ3n) is 1.82. The molecule has 15 heavy (non-hydrogen) atoms. The normalized spacial score (nSPS) is 11.4. The number of rotatable bonds is 4. The highest BCUT2D eigenvalue weighted by molar-refractivity contribution is 7.88. The van der Waals surface area contributed by atoms with E-state index in [9.17, 15) is 8.42 Å². The first kappa shape index (κ1) is 11.9. The second-order valence-electron chi connectivity index (χ2n) is 3.47. The number of nitrogens with zero attached hydrogens (tertiary/aromatic N) is 2. The van der Waals surface area contributed by atoms with Gasteiger partial charge in [-0.3, -0.25) is 0 Å². The van der Waals surface area contributed by atoms with Crippen LogP contribution >= 0.6 is 0 Å². The Bertz CT molecular complexity index is 429. The van der Waals surface area contributed by atoms with E-state index in [-0.39, 0.29) is 6.54 Å². The molecule has 1 aromatic heterocycles. The van der Waals surface area contributed by atoms with Crippen molar-refractivity contribution in [1.29, 1.82) is 0 Å². The molecule has 0 spiro atoms. The van der Waals surface area contributed by atoms with E-state index in [2.05, 4.69) is 9.71 Å². The van der Waals surface area contributed by atoms with Crippen LogP contribution in [0.1, 0.15) is 5.56 Å². The van der Waals surface area contributed by atoms with Gasteiger partial charge < -0.3 is 4.90 Å². The van der Waals surface area contributed by atoms with Gasteiger partial charge in [-0.1, -0.05) is 6.07 Å². The average Bonchev–Trinajstić information content (AvgIpc) is 2.14. The van der Waals surface area contributed by atoms with E-state index in [1.54, 1.807) is 12.3 Å². The Morgan fingerprint density at radius 2 is 2.13 bits per heavy atom. The number of sulfonamides is 1. The zero-order valence-corrected chi connectivity index (χ0v) is 9.87. The molecule has 0 aromatic carbocycles. The van der Waals surface area contributed by atoms with Crippen molar-refractivity contribution in [3.05, 3.63) is 23.9 Å². The molecule has 0 aliphatic heterocycles. The summed E-state index contributed by atoms with van der Waals surface area (Å²) >= 11 is 0. The summed E-state index contributed by atoms with van der Waals surface area (Å²) in [6, 6.07) is 3.63. The Kier molecular flexibility index (Phi) is 3.65. The van der Waals surface area contributed by atoms with Gasteiger partial charge in [0.1, 0.15) is 5.82 Å². The highest BCUT2D eigenvalue weighted by atomic mass is 32.2. The fraction of sp³-hybridized carbons (Fsp3) is 0.444. The van der Waals surface area contributed by atoms with Crippen LogP contribution in [0.5, 0.6) is 0 Å². The molecule has 0 saturated carbocycles. The SMILES string of the molecule is CN(C)c1ncccc1CNS(C)(=O)=O. The maximum atomic E-state index is 10.9. The van der Waals surface area contributed by atoms with Crippen molar-refractivity contribution in [2.24, 2.45) is 0 Å². The molecule has 1 heterocycles. The number of aromatic nitrogens is 1.